The predicted molar refractivity (Wildman–Crippen MR) is 111 cm³/mol. The number of carboxylic acid groups (broad SMARTS) is 1. The standard InChI is InChI=1S/C19H19FIN3O4/c20-14-7-11-16(24(10-1-2-10)9-13(18(11)26)19(27)28)12(8-21)17(14)23-5-3-15(25)22-4-6-23/h7,9-10H,1-6,8H2,(H,22,25)(H,27,28). The number of benzene rings is 1. The number of aromatic carboxylic acids is 1. The van der Waals surface area contributed by atoms with Gasteiger partial charge in [-0.1, -0.05) is 22.6 Å². The van der Waals surface area contributed by atoms with Crippen molar-refractivity contribution in [1.29, 1.82) is 0 Å². The van der Waals surface area contributed by atoms with Gasteiger partial charge >= 0.3 is 5.97 Å². The van der Waals surface area contributed by atoms with E-state index >= 15 is 4.39 Å². The lowest BCUT2D eigenvalue weighted by molar-refractivity contribution is -0.120. The molecule has 1 amide bonds. The van der Waals surface area contributed by atoms with Crippen molar-refractivity contribution in [3.05, 3.63) is 39.4 Å². The molecule has 1 aromatic heterocycles. The summed E-state index contributed by atoms with van der Waals surface area (Å²) in [5.74, 6) is -1.94. The zero-order valence-electron chi connectivity index (χ0n) is 15.0. The third-order valence-electron chi connectivity index (χ3n) is 5.27. The fourth-order valence-electron chi connectivity index (χ4n) is 3.81. The van der Waals surface area contributed by atoms with Crippen LogP contribution in [0, 0.1) is 5.82 Å². The Morgan fingerprint density at radius 2 is 2.07 bits per heavy atom. The first kappa shape index (κ1) is 19.2. The topological polar surface area (TPSA) is 91.6 Å². The SMILES string of the molecule is O=C1CCN(c2c(F)cc3c(=O)c(C(=O)O)cn(C4CC4)c3c2CI)CCN1. The zero-order chi connectivity index (χ0) is 20.0. The minimum absolute atomic E-state index is 0.0688. The molecule has 148 valence electrons. The van der Waals surface area contributed by atoms with Crippen LogP contribution in [0.1, 0.15) is 41.2 Å². The summed E-state index contributed by atoms with van der Waals surface area (Å²) >= 11 is 2.14. The van der Waals surface area contributed by atoms with Gasteiger partial charge in [0.2, 0.25) is 11.3 Å². The molecule has 0 radical (unpaired) electrons. The van der Waals surface area contributed by atoms with Gasteiger partial charge < -0.3 is 19.9 Å². The van der Waals surface area contributed by atoms with Crippen LogP contribution in [0.4, 0.5) is 10.1 Å². The van der Waals surface area contributed by atoms with Gasteiger partial charge in [0.25, 0.3) is 0 Å². The smallest absolute Gasteiger partial charge is 0.341 e. The summed E-state index contributed by atoms with van der Waals surface area (Å²) in [5, 5.41) is 12.3. The number of aromatic nitrogens is 1. The first-order valence-electron chi connectivity index (χ1n) is 9.13. The number of carbonyl (C=O) groups excluding carboxylic acids is 1. The van der Waals surface area contributed by atoms with Crippen molar-refractivity contribution in [2.75, 3.05) is 24.5 Å². The summed E-state index contributed by atoms with van der Waals surface area (Å²) in [6.45, 7) is 1.28. The average Bonchev–Trinajstić information content (AvgIpc) is 3.50. The van der Waals surface area contributed by atoms with Crippen LogP contribution < -0.4 is 15.6 Å². The van der Waals surface area contributed by atoms with Crippen molar-refractivity contribution in [2.24, 2.45) is 0 Å². The van der Waals surface area contributed by atoms with E-state index in [-0.39, 0.29) is 29.3 Å². The molecule has 0 atom stereocenters. The molecule has 28 heavy (non-hydrogen) atoms. The number of pyridine rings is 1. The maximum Gasteiger partial charge on any atom is 0.341 e. The van der Waals surface area contributed by atoms with E-state index in [0.29, 0.717) is 40.8 Å². The van der Waals surface area contributed by atoms with Crippen molar-refractivity contribution in [3.8, 4) is 0 Å². The number of carbonyl (C=O) groups is 2. The number of fused-ring (bicyclic) bond motifs is 1. The van der Waals surface area contributed by atoms with Gasteiger partial charge in [-0.15, -0.1) is 0 Å². The maximum absolute atomic E-state index is 15.2. The Labute approximate surface area is 173 Å². The maximum atomic E-state index is 15.2. The third-order valence-corrected chi connectivity index (χ3v) is 6.04. The fourth-order valence-corrected chi connectivity index (χ4v) is 4.53. The fraction of sp³-hybridized carbons (Fsp3) is 0.421. The third kappa shape index (κ3) is 3.25. The first-order chi connectivity index (χ1) is 13.4. The van der Waals surface area contributed by atoms with E-state index in [1.165, 1.54) is 6.20 Å². The second-order valence-electron chi connectivity index (χ2n) is 7.12. The second-order valence-corrected chi connectivity index (χ2v) is 7.88. The molecule has 2 heterocycles. The van der Waals surface area contributed by atoms with Crippen molar-refractivity contribution < 1.29 is 19.1 Å². The first-order valence-corrected chi connectivity index (χ1v) is 10.7. The molecule has 7 nitrogen and oxygen atoms in total. The molecule has 2 aliphatic rings. The number of hydrogen-bond donors (Lipinski definition) is 2. The van der Waals surface area contributed by atoms with E-state index in [9.17, 15) is 19.5 Å². The van der Waals surface area contributed by atoms with Gasteiger partial charge in [-0.3, -0.25) is 9.59 Å². The van der Waals surface area contributed by atoms with Crippen molar-refractivity contribution in [2.45, 2.75) is 29.7 Å². The largest absolute Gasteiger partial charge is 0.477 e. The Kier molecular flexibility index (Phi) is 5.02. The summed E-state index contributed by atoms with van der Waals surface area (Å²) in [4.78, 5) is 37.8. The van der Waals surface area contributed by atoms with E-state index in [4.69, 9.17) is 0 Å². The van der Waals surface area contributed by atoms with Gasteiger partial charge in [-0.2, -0.15) is 0 Å². The van der Waals surface area contributed by atoms with Gasteiger partial charge in [0, 0.05) is 53.7 Å². The van der Waals surface area contributed by atoms with Crippen LogP contribution in [0.5, 0.6) is 0 Å². The van der Waals surface area contributed by atoms with E-state index in [1.807, 2.05) is 9.47 Å². The van der Waals surface area contributed by atoms with Gasteiger partial charge in [0.1, 0.15) is 11.4 Å². The van der Waals surface area contributed by atoms with Gasteiger partial charge in [-0.05, 0) is 18.9 Å². The van der Waals surface area contributed by atoms with Crippen LogP contribution >= 0.6 is 22.6 Å². The minimum Gasteiger partial charge on any atom is -0.477 e. The highest BCUT2D eigenvalue weighted by atomic mass is 127. The van der Waals surface area contributed by atoms with Gasteiger partial charge in [0.05, 0.1) is 11.2 Å². The number of nitrogens with one attached hydrogen (secondary N) is 1. The van der Waals surface area contributed by atoms with E-state index < -0.39 is 17.2 Å². The summed E-state index contributed by atoms with van der Waals surface area (Å²) in [5.41, 5.74) is 0.673. The van der Waals surface area contributed by atoms with Crippen LogP contribution in [-0.2, 0) is 9.22 Å². The van der Waals surface area contributed by atoms with Crippen molar-refractivity contribution in [3.63, 3.8) is 0 Å². The molecule has 1 saturated carbocycles. The van der Waals surface area contributed by atoms with E-state index in [0.717, 1.165) is 18.9 Å². The minimum atomic E-state index is -1.31. The van der Waals surface area contributed by atoms with Crippen LogP contribution in [0.2, 0.25) is 0 Å². The molecule has 4 rings (SSSR count). The van der Waals surface area contributed by atoms with Gasteiger partial charge in [-0.25, -0.2) is 9.18 Å². The number of halogens is 2. The van der Waals surface area contributed by atoms with Crippen molar-refractivity contribution in [1.82, 2.24) is 9.88 Å². The Hall–Kier alpha value is -2.17. The lowest BCUT2D eigenvalue weighted by Crippen LogP contribution is -2.30. The summed E-state index contributed by atoms with van der Waals surface area (Å²) < 4.78 is 17.5. The Morgan fingerprint density at radius 3 is 2.71 bits per heavy atom. The Morgan fingerprint density at radius 1 is 1.32 bits per heavy atom. The highest BCUT2D eigenvalue weighted by Gasteiger charge is 2.30. The molecule has 2 aromatic rings. The molecule has 1 aliphatic carbocycles. The average molecular weight is 499 g/mol. The lowest BCUT2D eigenvalue weighted by Gasteiger charge is -2.27. The number of amides is 1. The molecular formula is C19H19FIN3O4. The molecule has 0 spiro atoms. The number of alkyl halides is 1. The number of nitrogens with zero attached hydrogens (tertiary/aromatic N) is 2. The Balaban J connectivity index is 2.00. The van der Waals surface area contributed by atoms with Crippen LogP contribution in [0.15, 0.2) is 17.1 Å². The molecule has 1 saturated heterocycles. The van der Waals surface area contributed by atoms with Crippen LogP contribution in [0.3, 0.4) is 0 Å². The number of hydrogen-bond acceptors (Lipinski definition) is 4. The monoisotopic (exact) mass is 499 g/mol. The quantitative estimate of drug-likeness (QED) is 0.499. The van der Waals surface area contributed by atoms with Crippen molar-refractivity contribution >= 4 is 51.1 Å². The normalized spacial score (nSPS) is 17.5. The predicted octanol–water partition coefficient (Wildman–Crippen LogP) is 2.44. The number of anilines is 1. The van der Waals surface area contributed by atoms with Crippen LogP contribution in [-0.4, -0.2) is 41.2 Å². The van der Waals surface area contributed by atoms with E-state index in [2.05, 4.69) is 27.9 Å². The lowest BCUT2D eigenvalue weighted by atomic mass is 10.0. The molecule has 0 bridgehead atoms. The van der Waals surface area contributed by atoms with Gasteiger partial charge in [0.15, 0.2) is 0 Å². The molecular weight excluding hydrogens is 480 g/mol. The molecule has 0 unspecified atom stereocenters. The number of carboxylic acids is 1. The van der Waals surface area contributed by atoms with E-state index in [1.54, 1.807) is 0 Å². The summed E-state index contributed by atoms with van der Waals surface area (Å²) in [6.07, 6.45) is 3.46. The highest BCUT2D eigenvalue weighted by molar-refractivity contribution is 14.1. The highest BCUT2D eigenvalue weighted by Crippen LogP contribution is 2.41. The number of rotatable bonds is 4. The zero-order valence-corrected chi connectivity index (χ0v) is 17.2. The van der Waals surface area contributed by atoms with Crippen LogP contribution in [0.25, 0.3) is 10.9 Å². The Bertz CT molecular complexity index is 1050. The molecule has 1 aliphatic heterocycles. The molecule has 2 N–H and O–H groups in total. The molecule has 1 aromatic carbocycles. The molecule has 9 heteroatoms. The summed E-state index contributed by atoms with van der Waals surface area (Å²) in [7, 11) is 0. The summed E-state index contributed by atoms with van der Waals surface area (Å²) in [6, 6.07) is 1.28. The second kappa shape index (κ2) is 7.34. The molecule has 2 fully saturated rings.